The SMILES string of the molecule is CC[C@@H](NC(=O)C1CCN(c2ccc(C)cc2)CC1)c1ccc(S(C)(=O)=O)cc1. The number of amides is 1. The molecular weight excluding hydrogens is 384 g/mol. The maximum Gasteiger partial charge on any atom is 0.223 e. The zero-order valence-electron chi connectivity index (χ0n) is 17.4. The van der Waals surface area contributed by atoms with E-state index >= 15 is 0 Å². The highest BCUT2D eigenvalue weighted by Crippen LogP contribution is 2.25. The van der Waals surface area contributed by atoms with Crippen molar-refractivity contribution in [2.45, 2.75) is 44.0 Å². The molecule has 0 spiro atoms. The summed E-state index contributed by atoms with van der Waals surface area (Å²) in [4.78, 5) is 15.5. The number of nitrogens with one attached hydrogen (secondary N) is 1. The van der Waals surface area contributed by atoms with E-state index in [-0.39, 0.29) is 17.9 Å². The predicted octanol–water partition coefficient (Wildman–Crippen LogP) is 3.88. The summed E-state index contributed by atoms with van der Waals surface area (Å²) in [6, 6.07) is 15.2. The number of hydrogen-bond donors (Lipinski definition) is 1. The largest absolute Gasteiger partial charge is 0.371 e. The second kappa shape index (κ2) is 8.99. The number of hydrogen-bond acceptors (Lipinski definition) is 4. The molecule has 0 saturated carbocycles. The van der Waals surface area contributed by atoms with Crippen LogP contribution in [0.4, 0.5) is 5.69 Å². The van der Waals surface area contributed by atoms with Gasteiger partial charge in [-0.2, -0.15) is 0 Å². The molecular formula is C23H30N2O3S. The van der Waals surface area contributed by atoms with Crippen molar-refractivity contribution in [2.24, 2.45) is 5.92 Å². The lowest BCUT2D eigenvalue weighted by atomic mass is 9.94. The summed E-state index contributed by atoms with van der Waals surface area (Å²) in [6.45, 7) is 5.86. The van der Waals surface area contributed by atoms with Crippen LogP contribution < -0.4 is 10.2 Å². The van der Waals surface area contributed by atoms with Gasteiger partial charge in [0.1, 0.15) is 0 Å². The topological polar surface area (TPSA) is 66.5 Å². The quantitative estimate of drug-likeness (QED) is 0.779. The molecule has 1 atom stereocenters. The third-order valence-corrected chi connectivity index (χ3v) is 6.83. The maximum atomic E-state index is 12.8. The molecule has 2 aromatic rings. The first-order valence-corrected chi connectivity index (χ1v) is 12.1. The molecule has 0 radical (unpaired) electrons. The van der Waals surface area contributed by atoms with Crippen LogP contribution in [0.2, 0.25) is 0 Å². The van der Waals surface area contributed by atoms with Crippen LogP contribution in [0.5, 0.6) is 0 Å². The zero-order valence-corrected chi connectivity index (χ0v) is 18.2. The van der Waals surface area contributed by atoms with E-state index in [1.165, 1.54) is 17.5 Å². The van der Waals surface area contributed by atoms with Crippen molar-refractivity contribution in [3.63, 3.8) is 0 Å². The normalized spacial score (nSPS) is 16.4. The lowest BCUT2D eigenvalue weighted by Gasteiger charge is -2.33. The maximum absolute atomic E-state index is 12.8. The minimum absolute atomic E-state index is 0.0149. The van der Waals surface area contributed by atoms with Crippen molar-refractivity contribution in [2.75, 3.05) is 24.2 Å². The molecule has 0 aromatic heterocycles. The van der Waals surface area contributed by atoms with Gasteiger partial charge in [-0.3, -0.25) is 4.79 Å². The lowest BCUT2D eigenvalue weighted by Crippen LogP contribution is -2.41. The second-order valence-corrected chi connectivity index (χ2v) is 9.92. The van der Waals surface area contributed by atoms with Gasteiger partial charge in [-0.1, -0.05) is 36.8 Å². The highest BCUT2D eigenvalue weighted by atomic mass is 32.2. The van der Waals surface area contributed by atoms with Gasteiger partial charge in [0, 0.05) is 31.0 Å². The number of benzene rings is 2. The van der Waals surface area contributed by atoms with Gasteiger partial charge in [0.05, 0.1) is 10.9 Å². The molecule has 1 amide bonds. The molecule has 0 bridgehead atoms. The molecule has 1 N–H and O–H groups in total. The molecule has 2 aromatic carbocycles. The van der Waals surface area contributed by atoms with Crippen molar-refractivity contribution in [3.8, 4) is 0 Å². The standard InChI is InChI=1S/C23H30N2O3S/c1-4-22(18-7-11-21(12-8-18)29(3,27)28)24-23(26)19-13-15-25(16-14-19)20-9-5-17(2)6-10-20/h5-12,19,22H,4,13-16H2,1-3H3,(H,24,26)/t22-/m1/s1. The molecule has 0 unspecified atom stereocenters. The Balaban J connectivity index is 1.58. The Morgan fingerprint density at radius 3 is 2.17 bits per heavy atom. The van der Waals surface area contributed by atoms with Gasteiger partial charge in [0.25, 0.3) is 0 Å². The number of sulfone groups is 1. The molecule has 1 aliphatic heterocycles. The second-order valence-electron chi connectivity index (χ2n) is 7.91. The Morgan fingerprint density at radius 2 is 1.66 bits per heavy atom. The van der Waals surface area contributed by atoms with Crippen LogP contribution in [0.25, 0.3) is 0 Å². The van der Waals surface area contributed by atoms with E-state index in [9.17, 15) is 13.2 Å². The van der Waals surface area contributed by atoms with Crippen molar-refractivity contribution in [1.29, 1.82) is 0 Å². The summed E-state index contributed by atoms with van der Waals surface area (Å²) >= 11 is 0. The average molecular weight is 415 g/mol. The van der Waals surface area contributed by atoms with Crippen LogP contribution in [-0.4, -0.2) is 33.7 Å². The first-order valence-electron chi connectivity index (χ1n) is 10.2. The van der Waals surface area contributed by atoms with Crippen molar-refractivity contribution in [3.05, 3.63) is 59.7 Å². The number of aryl methyl sites for hydroxylation is 1. The smallest absolute Gasteiger partial charge is 0.223 e. The van der Waals surface area contributed by atoms with Gasteiger partial charge in [0.15, 0.2) is 9.84 Å². The number of piperidine rings is 1. The predicted molar refractivity (Wildman–Crippen MR) is 117 cm³/mol. The summed E-state index contributed by atoms with van der Waals surface area (Å²) < 4.78 is 23.3. The molecule has 156 valence electrons. The van der Waals surface area contributed by atoms with Crippen LogP contribution in [-0.2, 0) is 14.6 Å². The fraction of sp³-hybridized carbons (Fsp3) is 0.435. The van der Waals surface area contributed by atoms with E-state index in [0.717, 1.165) is 37.9 Å². The number of anilines is 1. The number of carbonyl (C=O) groups is 1. The summed E-state index contributed by atoms with van der Waals surface area (Å²) in [5.74, 6) is 0.105. The summed E-state index contributed by atoms with van der Waals surface area (Å²) in [5, 5.41) is 3.17. The van der Waals surface area contributed by atoms with Crippen molar-refractivity contribution < 1.29 is 13.2 Å². The Labute approximate surface area is 174 Å². The zero-order chi connectivity index (χ0) is 21.0. The van der Waals surface area contributed by atoms with Gasteiger partial charge in [-0.05, 0) is 56.0 Å². The van der Waals surface area contributed by atoms with Gasteiger partial charge in [-0.15, -0.1) is 0 Å². The van der Waals surface area contributed by atoms with E-state index in [1.807, 2.05) is 6.92 Å². The van der Waals surface area contributed by atoms with Crippen LogP contribution >= 0.6 is 0 Å². The molecule has 29 heavy (non-hydrogen) atoms. The first-order chi connectivity index (χ1) is 13.8. The monoisotopic (exact) mass is 414 g/mol. The van der Waals surface area contributed by atoms with E-state index < -0.39 is 9.84 Å². The Hall–Kier alpha value is -2.34. The highest BCUT2D eigenvalue weighted by Gasteiger charge is 2.26. The third kappa shape index (κ3) is 5.38. The summed E-state index contributed by atoms with van der Waals surface area (Å²) in [6.07, 6.45) is 3.63. The highest BCUT2D eigenvalue weighted by molar-refractivity contribution is 7.90. The van der Waals surface area contributed by atoms with Crippen LogP contribution in [0.1, 0.15) is 43.4 Å². The Kier molecular flexibility index (Phi) is 6.63. The van der Waals surface area contributed by atoms with Crippen LogP contribution in [0.3, 0.4) is 0 Å². The number of rotatable bonds is 6. The summed E-state index contributed by atoms with van der Waals surface area (Å²) in [7, 11) is -3.21. The molecule has 1 fully saturated rings. The van der Waals surface area contributed by atoms with E-state index in [1.54, 1.807) is 24.3 Å². The molecule has 1 heterocycles. The fourth-order valence-corrected chi connectivity index (χ4v) is 4.44. The average Bonchev–Trinajstić information content (AvgIpc) is 2.72. The number of carbonyl (C=O) groups excluding carboxylic acids is 1. The van der Waals surface area contributed by atoms with Gasteiger partial charge in [-0.25, -0.2) is 8.42 Å². The summed E-state index contributed by atoms with van der Waals surface area (Å²) in [5.41, 5.74) is 3.40. The third-order valence-electron chi connectivity index (χ3n) is 5.70. The van der Waals surface area contributed by atoms with Crippen molar-refractivity contribution in [1.82, 2.24) is 5.32 Å². The number of nitrogens with zero attached hydrogens (tertiary/aromatic N) is 1. The Morgan fingerprint density at radius 1 is 1.07 bits per heavy atom. The molecule has 1 aliphatic rings. The van der Waals surface area contributed by atoms with Gasteiger partial charge < -0.3 is 10.2 Å². The van der Waals surface area contributed by atoms with Gasteiger partial charge >= 0.3 is 0 Å². The Bertz CT molecular complexity index is 929. The molecule has 0 aliphatic carbocycles. The molecule has 3 rings (SSSR count). The fourth-order valence-electron chi connectivity index (χ4n) is 3.81. The molecule has 6 heteroatoms. The minimum Gasteiger partial charge on any atom is -0.371 e. The molecule has 5 nitrogen and oxygen atoms in total. The van der Waals surface area contributed by atoms with Crippen LogP contribution in [0, 0.1) is 12.8 Å². The van der Waals surface area contributed by atoms with Crippen molar-refractivity contribution >= 4 is 21.4 Å². The van der Waals surface area contributed by atoms with E-state index in [2.05, 4.69) is 41.4 Å². The molecule has 1 saturated heterocycles. The van der Waals surface area contributed by atoms with E-state index in [0.29, 0.717) is 4.90 Å². The lowest BCUT2D eigenvalue weighted by molar-refractivity contribution is -0.126. The first kappa shape index (κ1) is 21.4. The van der Waals surface area contributed by atoms with E-state index in [4.69, 9.17) is 0 Å². The van der Waals surface area contributed by atoms with Gasteiger partial charge in [0.2, 0.25) is 5.91 Å². The van der Waals surface area contributed by atoms with Crippen LogP contribution in [0.15, 0.2) is 53.4 Å². The minimum atomic E-state index is -3.21.